The minimum Gasteiger partial charge on any atom is -0.547 e. The molecule has 1 heterocycles. The summed E-state index contributed by atoms with van der Waals surface area (Å²) in [5.41, 5.74) is 8.89. The molecule has 1 aliphatic heterocycles. The molecule has 2 rings (SSSR count). The summed E-state index contributed by atoms with van der Waals surface area (Å²) in [6.07, 6.45) is 4.12. The Bertz CT molecular complexity index is 468. The molecule has 2 atom stereocenters. The van der Waals surface area contributed by atoms with E-state index < -0.39 is 36.5 Å². The first-order chi connectivity index (χ1) is 11.8. The summed E-state index contributed by atoms with van der Waals surface area (Å²) >= 11 is 0. The van der Waals surface area contributed by atoms with Crippen LogP contribution in [0.15, 0.2) is 0 Å². The van der Waals surface area contributed by atoms with E-state index in [1.807, 2.05) is 0 Å². The fourth-order valence-corrected chi connectivity index (χ4v) is 2.65. The van der Waals surface area contributed by atoms with E-state index in [0.29, 0.717) is 4.90 Å². The van der Waals surface area contributed by atoms with Gasteiger partial charge in [0, 0.05) is 19.2 Å². The molecule has 0 aromatic heterocycles. The number of hydrogen-bond donors (Lipinski definition) is 2. The van der Waals surface area contributed by atoms with Gasteiger partial charge in [0.25, 0.3) is 0 Å². The molecule has 0 spiro atoms. The molecule has 26 heavy (non-hydrogen) atoms. The second kappa shape index (κ2) is 11.6. The number of carboxylic acid groups (broad SMARTS) is 2. The molecule has 0 unspecified atom stereocenters. The summed E-state index contributed by atoms with van der Waals surface area (Å²) in [5.74, 6) is -4.41. The number of ether oxygens (including phenoxy) is 2. The number of carboxylic acids is 2. The normalized spacial score (nSPS) is 23.8. The monoisotopic (exact) mass is 554 g/mol. The summed E-state index contributed by atoms with van der Waals surface area (Å²) in [5, 5.41) is 21.6. The van der Waals surface area contributed by atoms with E-state index in [1.165, 1.54) is 20.0 Å². The van der Waals surface area contributed by atoms with Gasteiger partial charge >= 0.3 is 21.1 Å². The Balaban J connectivity index is 0.000000583. The van der Waals surface area contributed by atoms with E-state index >= 15 is 0 Å². The fourth-order valence-electron chi connectivity index (χ4n) is 2.65. The number of nitrogens with two attached hydrogens (primary N) is 2. The third-order valence-corrected chi connectivity index (χ3v) is 4.37. The third-order valence-electron chi connectivity index (χ3n) is 4.37. The predicted molar refractivity (Wildman–Crippen MR) is 81.3 cm³/mol. The Kier molecular flexibility index (Phi) is 11.1. The average molecular weight is 554 g/mol. The number of β-lactam (4-membered cyclic amide) rings is 1. The maximum atomic E-state index is 11.2. The van der Waals surface area contributed by atoms with Crippen LogP contribution in [0.1, 0.15) is 32.1 Å². The van der Waals surface area contributed by atoms with E-state index in [-0.39, 0.29) is 46.4 Å². The minimum atomic E-state index is -2.41. The van der Waals surface area contributed by atoms with Crippen LogP contribution in [-0.2, 0) is 44.9 Å². The van der Waals surface area contributed by atoms with E-state index in [1.54, 1.807) is 0 Å². The Hall–Kier alpha value is -1.06. The van der Waals surface area contributed by atoms with Gasteiger partial charge in [-0.25, -0.2) is 0 Å². The van der Waals surface area contributed by atoms with Crippen molar-refractivity contribution in [1.82, 2.24) is 4.90 Å². The average Bonchev–Trinajstić information content (AvgIpc) is 2.54. The van der Waals surface area contributed by atoms with Gasteiger partial charge in [-0.1, -0.05) is 12.8 Å². The van der Waals surface area contributed by atoms with Crippen molar-refractivity contribution in [2.75, 3.05) is 27.1 Å². The predicted octanol–water partition coefficient (Wildman–Crippen LogP) is -3.71. The van der Waals surface area contributed by atoms with Crippen molar-refractivity contribution in [2.45, 2.75) is 49.7 Å². The van der Waals surface area contributed by atoms with Crippen molar-refractivity contribution in [3.05, 3.63) is 0 Å². The molecule has 152 valence electrons. The zero-order valence-corrected chi connectivity index (χ0v) is 16.9. The zero-order valence-electron chi connectivity index (χ0n) is 14.6. The van der Waals surface area contributed by atoms with Gasteiger partial charge in [0.05, 0.1) is 31.6 Å². The zero-order chi connectivity index (χ0) is 19.0. The molecule has 0 bridgehead atoms. The smallest absolute Gasteiger partial charge is 0.547 e. The van der Waals surface area contributed by atoms with Crippen LogP contribution in [0.3, 0.4) is 0 Å². The van der Waals surface area contributed by atoms with Gasteiger partial charge in [0.1, 0.15) is 12.3 Å². The molecule has 1 saturated carbocycles. The van der Waals surface area contributed by atoms with Crippen LogP contribution in [0.2, 0.25) is 0 Å². The van der Waals surface area contributed by atoms with Crippen molar-refractivity contribution in [2.24, 2.45) is 11.5 Å². The number of rotatable bonds is 7. The number of carbonyl (C=O) groups excluding carboxylic acids is 3. The topological polar surface area (TPSA) is 171 Å². The van der Waals surface area contributed by atoms with Gasteiger partial charge < -0.3 is 45.6 Å². The molecule has 1 aliphatic carbocycles. The number of amides is 1. The van der Waals surface area contributed by atoms with Crippen LogP contribution < -0.4 is 21.7 Å². The molecule has 4 N–H and O–H groups in total. The van der Waals surface area contributed by atoms with Crippen LogP contribution >= 0.6 is 0 Å². The molecule has 11 heteroatoms. The summed E-state index contributed by atoms with van der Waals surface area (Å²) in [6.45, 7) is -0.105. The van der Waals surface area contributed by atoms with Gasteiger partial charge in [-0.05, 0) is 12.8 Å². The number of carbonyl (C=O) groups is 3. The largest absolute Gasteiger partial charge is 2.00 e. The number of nitrogens with zero attached hydrogens (tertiary/aromatic N) is 1. The summed E-state index contributed by atoms with van der Waals surface area (Å²) < 4.78 is 9.57. The van der Waals surface area contributed by atoms with Crippen LogP contribution in [0.4, 0.5) is 0 Å². The molecule has 0 radical (unpaired) electrons. The Labute approximate surface area is 166 Å². The van der Waals surface area contributed by atoms with Crippen LogP contribution in [-0.4, -0.2) is 67.4 Å². The molecule has 0 aromatic rings. The van der Waals surface area contributed by atoms with E-state index in [0.717, 1.165) is 12.8 Å². The van der Waals surface area contributed by atoms with Crippen molar-refractivity contribution < 1.29 is 55.1 Å². The van der Waals surface area contributed by atoms with Gasteiger partial charge in [-0.2, -0.15) is 0 Å². The van der Waals surface area contributed by atoms with Crippen molar-refractivity contribution >= 4 is 17.8 Å². The Morgan fingerprint density at radius 3 is 2.00 bits per heavy atom. The molecule has 10 nitrogen and oxygen atoms in total. The van der Waals surface area contributed by atoms with Gasteiger partial charge in [0.15, 0.2) is 0 Å². The fraction of sp³-hybridized carbons (Fsp3) is 0.800. The SMILES string of the molecule is COCCOCN1C(=O)CC1(C(=O)[O-])C(=O)[O-].N[C@@H]1CCCC[C@H]1N.[Pt+2]. The molecule has 2 fully saturated rings. The van der Waals surface area contributed by atoms with Gasteiger partial charge in [-0.3, -0.25) is 4.79 Å². The molecule has 1 amide bonds. The quantitative estimate of drug-likeness (QED) is 0.183. The standard InChI is InChI=1S/C9H13NO7.C6H14N2.Pt/c1-16-2-3-17-5-10-6(11)4-9(10,7(12)13)8(14)15;7-5-3-1-2-4-6(5)8;/h2-5H2,1H3,(H,12,13)(H,14,15);5-6H,1-4,7-8H2;/q;;+2/p-2/t;5-,6-;/m.1./s1. The summed E-state index contributed by atoms with van der Waals surface area (Å²) in [6, 6.07) is 0.562. The first-order valence-corrected chi connectivity index (χ1v) is 8.08. The molecular formula is C15H25N3O7Pt. The first-order valence-electron chi connectivity index (χ1n) is 8.08. The van der Waals surface area contributed by atoms with E-state index in [2.05, 4.69) is 4.74 Å². The third kappa shape index (κ3) is 5.99. The van der Waals surface area contributed by atoms with Gasteiger partial charge in [-0.15, -0.1) is 0 Å². The molecule has 2 aliphatic rings. The number of likely N-dealkylation sites (tertiary alicyclic amines) is 1. The van der Waals surface area contributed by atoms with Crippen LogP contribution in [0.5, 0.6) is 0 Å². The Morgan fingerprint density at radius 1 is 1.15 bits per heavy atom. The second-order valence-corrected chi connectivity index (χ2v) is 6.08. The maximum Gasteiger partial charge on any atom is 2.00 e. The number of aliphatic carboxylic acids is 2. The summed E-state index contributed by atoms with van der Waals surface area (Å²) in [4.78, 5) is 33.3. The minimum absolute atomic E-state index is 0. The molecule has 0 aromatic carbocycles. The van der Waals surface area contributed by atoms with E-state index in [9.17, 15) is 24.6 Å². The van der Waals surface area contributed by atoms with Crippen molar-refractivity contribution in [3.63, 3.8) is 0 Å². The van der Waals surface area contributed by atoms with Gasteiger partial charge in [0.2, 0.25) is 5.91 Å². The van der Waals surface area contributed by atoms with Crippen LogP contribution in [0.25, 0.3) is 0 Å². The maximum absolute atomic E-state index is 11.2. The second-order valence-electron chi connectivity index (χ2n) is 6.08. The first kappa shape index (κ1) is 24.9. The summed E-state index contributed by atoms with van der Waals surface area (Å²) in [7, 11) is 1.44. The van der Waals surface area contributed by atoms with Crippen molar-refractivity contribution in [1.29, 1.82) is 0 Å². The number of methoxy groups -OCH3 is 1. The molecule has 1 saturated heterocycles. The molecular weight excluding hydrogens is 529 g/mol. The van der Waals surface area contributed by atoms with E-state index in [4.69, 9.17) is 16.2 Å². The Morgan fingerprint density at radius 2 is 1.65 bits per heavy atom. The number of hydrogen-bond acceptors (Lipinski definition) is 9. The van der Waals surface area contributed by atoms with Crippen LogP contribution in [0, 0.1) is 0 Å². The van der Waals surface area contributed by atoms with Crippen molar-refractivity contribution in [3.8, 4) is 0 Å².